The van der Waals surface area contributed by atoms with Gasteiger partial charge in [0.25, 0.3) is 0 Å². The minimum Gasteiger partial charge on any atom is -0.466 e. The number of urea groups is 1. The second-order valence-corrected chi connectivity index (χ2v) is 7.39. The molecular weight excluding hydrogens is 374 g/mol. The summed E-state index contributed by atoms with van der Waals surface area (Å²) in [4.78, 5) is 40.8. The number of ether oxygens (including phenoxy) is 2. The summed E-state index contributed by atoms with van der Waals surface area (Å²) in [5, 5.41) is 2.95. The average Bonchev–Trinajstić information content (AvgIpc) is 3.28. The van der Waals surface area contributed by atoms with Crippen molar-refractivity contribution in [3.8, 4) is 0 Å². The van der Waals surface area contributed by atoms with Gasteiger partial charge in [0.15, 0.2) is 0 Å². The standard InChI is InChI=1S/C21H29N3O5/c1-3-29-20(26)16-7-6-12-24(14-16)21(27)22-17-13-15(19(25)28-2)8-9-18(17)23-10-4-5-11-23/h8-9,13,16H,3-7,10-12,14H2,1-2H3,(H,22,27). The van der Waals surface area contributed by atoms with E-state index < -0.39 is 5.97 Å². The van der Waals surface area contributed by atoms with Crippen molar-refractivity contribution in [2.75, 3.05) is 50.1 Å². The van der Waals surface area contributed by atoms with Crippen molar-refractivity contribution >= 4 is 29.3 Å². The number of anilines is 2. The van der Waals surface area contributed by atoms with Crippen molar-refractivity contribution in [1.29, 1.82) is 0 Å². The lowest BCUT2D eigenvalue weighted by Gasteiger charge is -2.32. The number of esters is 2. The van der Waals surface area contributed by atoms with Crippen molar-refractivity contribution in [3.63, 3.8) is 0 Å². The monoisotopic (exact) mass is 403 g/mol. The third kappa shape index (κ3) is 4.99. The largest absolute Gasteiger partial charge is 0.466 e. The van der Waals surface area contributed by atoms with Gasteiger partial charge in [0.05, 0.1) is 36.6 Å². The number of hydrogen-bond acceptors (Lipinski definition) is 6. The number of likely N-dealkylation sites (tertiary alicyclic amines) is 1. The first-order chi connectivity index (χ1) is 14.0. The summed E-state index contributed by atoms with van der Waals surface area (Å²) in [6.07, 6.45) is 3.66. The highest BCUT2D eigenvalue weighted by atomic mass is 16.5. The fourth-order valence-corrected chi connectivity index (χ4v) is 3.92. The van der Waals surface area contributed by atoms with E-state index in [-0.39, 0.29) is 17.9 Å². The molecule has 0 saturated carbocycles. The lowest BCUT2D eigenvalue weighted by Crippen LogP contribution is -2.44. The van der Waals surface area contributed by atoms with Crippen LogP contribution in [-0.2, 0) is 14.3 Å². The van der Waals surface area contributed by atoms with Crippen molar-refractivity contribution in [1.82, 2.24) is 4.90 Å². The second-order valence-electron chi connectivity index (χ2n) is 7.39. The fourth-order valence-electron chi connectivity index (χ4n) is 3.92. The quantitative estimate of drug-likeness (QED) is 0.761. The summed E-state index contributed by atoms with van der Waals surface area (Å²) in [5.74, 6) is -1.00. The number of methoxy groups -OCH3 is 1. The van der Waals surface area contributed by atoms with Crippen LogP contribution in [0.25, 0.3) is 0 Å². The Morgan fingerprint density at radius 1 is 1.14 bits per heavy atom. The maximum Gasteiger partial charge on any atom is 0.337 e. The summed E-state index contributed by atoms with van der Waals surface area (Å²) in [5.41, 5.74) is 1.86. The van der Waals surface area contributed by atoms with E-state index >= 15 is 0 Å². The third-order valence-corrected chi connectivity index (χ3v) is 5.43. The van der Waals surface area contributed by atoms with Gasteiger partial charge in [-0.15, -0.1) is 0 Å². The molecule has 1 atom stereocenters. The van der Waals surface area contributed by atoms with Crippen LogP contribution >= 0.6 is 0 Å². The number of nitrogens with one attached hydrogen (secondary N) is 1. The number of carbonyl (C=O) groups is 3. The lowest BCUT2D eigenvalue weighted by atomic mass is 9.98. The number of rotatable bonds is 5. The molecule has 1 aromatic carbocycles. The van der Waals surface area contributed by atoms with Crippen molar-refractivity contribution in [3.05, 3.63) is 23.8 Å². The molecule has 8 nitrogen and oxygen atoms in total. The minimum absolute atomic E-state index is 0.254. The zero-order valence-corrected chi connectivity index (χ0v) is 17.1. The van der Waals surface area contributed by atoms with Crippen molar-refractivity contribution in [2.24, 2.45) is 5.92 Å². The first-order valence-electron chi connectivity index (χ1n) is 10.2. The van der Waals surface area contributed by atoms with Crippen LogP contribution in [0.3, 0.4) is 0 Å². The number of piperidine rings is 1. The number of nitrogens with zero attached hydrogens (tertiary/aromatic N) is 2. The van der Waals surface area contributed by atoms with Crippen LogP contribution in [0, 0.1) is 5.92 Å². The van der Waals surface area contributed by atoms with Crippen LogP contribution in [-0.4, -0.2) is 62.8 Å². The summed E-state index contributed by atoms with van der Waals surface area (Å²) < 4.78 is 9.93. The molecule has 2 amide bonds. The van der Waals surface area contributed by atoms with Gasteiger partial charge in [-0.1, -0.05) is 0 Å². The normalized spacial score (nSPS) is 19.0. The van der Waals surface area contributed by atoms with Gasteiger partial charge in [0.1, 0.15) is 0 Å². The van der Waals surface area contributed by atoms with E-state index in [0.29, 0.717) is 30.9 Å². The van der Waals surface area contributed by atoms with Crippen LogP contribution in [0.15, 0.2) is 18.2 Å². The van der Waals surface area contributed by atoms with E-state index in [1.54, 1.807) is 24.0 Å². The van der Waals surface area contributed by atoms with Gasteiger partial charge in [0.2, 0.25) is 0 Å². The van der Waals surface area contributed by atoms with Crippen molar-refractivity contribution < 1.29 is 23.9 Å². The van der Waals surface area contributed by atoms with E-state index in [0.717, 1.165) is 44.5 Å². The molecule has 0 aromatic heterocycles. The highest BCUT2D eigenvalue weighted by Crippen LogP contribution is 2.31. The Kier molecular flexibility index (Phi) is 6.95. The molecule has 0 bridgehead atoms. The molecule has 1 unspecified atom stereocenters. The third-order valence-electron chi connectivity index (χ3n) is 5.43. The Labute approximate surface area is 171 Å². The zero-order chi connectivity index (χ0) is 20.8. The molecule has 0 spiro atoms. The van der Waals surface area contributed by atoms with Gasteiger partial charge in [-0.2, -0.15) is 0 Å². The van der Waals surface area contributed by atoms with E-state index in [2.05, 4.69) is 10.2 Å². The molecule has 29 heavy (non-hydrogen) atoms. The molecule has 0 aliphatic carbocycles. The Morgan fingerprint density at radius 2 is 1.90 bits per heavy atom. The van der Waals surface area contributed by atoms with Crippen LogP contribution in [0.2, 0.25) is 0 Å². The van der Waals surface area contributed by atoms with Crippen LogP contribution < -0.4 is 10.2 Å². The molecule has 2 saturated heterocycles. The van der Waals surface area contributed by atoms with E-state index in [4.69, 9.17) is 9.47 Å². The van der Waals surface area contributed by atoms with Crippen LogP contribution in [0.1, 0.15) is 43.0 Å². The van der Waals surface area contributed by atoms with Gasteiger partial charge in [0, 0.05) is 26.2 Å². The minimum atomic E-state index is -0.450. The topological polar surface area (TPSA) is 88.2 Å². The molecule has 2 fully saturated rings. The van der Waals surface area contributed by atoms with Crippen molar-refractivity contribution in [2.45, 2.75) is 32.6 Å². The first-order valence-corrected chi connectivity index (χ1v) is 10.2. The van der Waals surface area contributed by atoms with Gasteiger partial charge in [-0.25, -0.2) is 9.59 Å². The maximum absolute atomic E-state index is 12.9. The molecule has 3 rings (SSSR count). The summed E-state index contributed by atoms with van der Waals surface area (Å²) in [7, 11) is 1.33. The van der Waals surface area contributed by atoms with Crippen LogP contribution in [0.4, 0.5) is 16.2 Å². The van der Waals surface area contributed by atoms with E-state index in [1.807, 2.05) is 6.07 Å². The molecule has 1 N–H and O–H groups in total. The first kappa shape index (κ1) is 21.0. The zero-order valence-electron chi connectivity index (χ0n) is 17.1. The van der Waals surface area contributed by atoms with Gasteiger partial charge in [-0.05, 0) is 50.8 Å². The summed E-state index contributed by atoms with van der Waals surface area (Å²) in [6.45, 7) is 4.85. The average molecular weight is 403 g/mol. The molecular formula is C21H29N3O5. The SMILES string of the molecule is CCOC(=O)C1CCCN(C(=O)Nc2cc(C(=O)OC)ccc2N2CCCC2)C1. The van der Waals surface area contributed by atoms with E-state index in [9.17, 15) is 14.4 Å². The Bertz CT molecular complexity index is 761. The number of benzene rings is 1. The smallest absolute Gasteiger partial charge is 0.337 e. The molecule has 2 heterocycles. The fraction of sp³-hybridized carbons (Fsp3) is 0.571. The van der Waals surface area contributed by atoms with Gasteiger partial charge < -0.3 is 24.6 Å². The summed E-state index contributed by atoms with van der Waals surface area (Å²) >= 11 is 0. The number of amides is 2. The Morgan fingerprint density at radius 3 is 2.59 bits per heavy atom. The maximum atomic E-state index is 12.9. The van der Waals surface area contributed by atoms with Gasteiger partial charge in [-0.3, -0.25) is 4.79 Å². The van der Waals surface area contributed by atoms with E-state index in [1.165, 1.54) is 7.11 Å². The number of hydrogen-bond donors (Lipinski definition) is 1. The highest BCUT2D eigenvalue weighted by molar-refractivity contribution is 5.97. The highest BCUT2D eigenvalue weighted by Gasteiger charge is 2.30. The molecule has 158 valence electrons. The molecule has 8 heteroatoms. The molecule has 2 aliphatic heterocycles. The molecule has 0 radical (unpaired) electrons. The van der Waals surface area contributed by atoms with Crippen LogP contribution in [0.5, 0.6) is 0 Å². The molecule has 1 aromatic rings. The molecule has 2 aliphatic rings. The Hall–Kier alpha value is -2.77. The van der Waals surface area contributed by atoms with Gasteiger partial charge >= 0.3 is 18.0 Å². The predicted molar refractivity (Wildman–Crippen MR) is 109 cm³/mol. The number of carbonyl (C=O) groups excluding carboxylic acids is 3. The Balaban J connectivity index is 1.77. The second kappa shape index (κ2) is 9.62. The lowest BCUT2D eigenvalue weighted by molar-refractivity contribution is -0.149. The summed E-state index contributed by atoms with van der Waals surface area (Å²) in [6, 6.07) is 4.95. The predicted octanol–water partition coefficient (Wildman–Crippen LogP) is 2.88.